The quantitative estimate of drug-likeness (QED) is 0.823. The second-order valence-corrected chi connectivity index (χ2v) is 7.38. The minimum Gasteiger partial charge on any atom is -0.377 e. The molecule has 0 amide bonds. The lowest BCUT2D eigenvalue weighted by Crippen LogP contribution is -2.37. The average Bonchev–Trinajstić information content (AvgIpc) is 2.45. The largest absolute Gasteiger partial charge is 0.377 e. The summed E-state index contributed by atoms with van der Waals surface area (Å²) in [5.41, 5.74) is 2.03. The van der Waals surface area contributed by atoms with E-state index in [1.807, 2.05) is 20.0 Å². The molecule has 2 heterocycles. The van der Waals surface area contributed by atoms with E-state index in [9.17, 15) is 8.42 Å². The first kappa shape index (κ1) is 16.3. The average molecular weight is 313 g/mol. The summed E-state index contributed by atoms with van der Waals surface area (Å²) >= 11 is 0. The molecule has 21 heavy (non-hydrogen) atoms. The van der Waals surface area contributed by atoms with Crippen molar-refractivity contribution in [3.63, 3.8) is 0 Å². The summed E-state index contributed by atoms with van der Waals surface area (Å²) in [4.78, 5) is 8.82. The molecule has 118 valence electrons. The van der Waals surface area contributed by atoms with Gasteiger partial charge in [-0.1, -0.05) is 0 Å². The molecule has 7 heteroatoms. The molecule has 0 aliphatic carbocycles. The van der Waals surface area contributed by atoms with Crippen molar-refractivity contribution in [3.05, 3.63) is 23.3 Å². The van der Waals surface area contributed by atoms with Gasteiger partial charge < -0.3 is 4.74 Å². The summed E-state index contributed by atoms with van der Waals surface area (Å²) in [5, 5.41) is 0. The van der Waals surface area contributed by atoms with Crippen LogP contribution in [0.3, 0.4) is 0 Å². The molecule has 0 aromatic carbocycles. The first-order valence-electron chi connectivity index (χ1n) is 7.27. The van der Waals surface area contributed by atoms with Crippen LogP contribution < -0.4 is 0 Å². The molecule has 2 rings (SSSR count). The fraction of sp³-hybridized carbons (Fsp3) is 0.714. The number of piperidine rings is 1. The van der Waals surface area contributed by atoms with E-state index in [0.29, 0.717) is 26.3 Å². The Kier molecular flexibility index (Phi) is 5.29. The maximum atomic E-state index is 11.6. The van der Waals surface area contributed by atoms with E-state index >= 15 is 0 Å². The van der Waals surface area contributed by atoms with Crippen LogP contribution in [0.2, 0.25) is 0 Å². The van der Waals surface area contributed by atoms with E-state index < -0.39 is 10.0 Å². The molecular weight excluding hydrogens is 290 g/mol. The summed E-state index contributed by atoms with van der Waals surface area (Å²) in [6, 6.07) is 0. The normalized spacial score (nSPS) is 18.0. The van der Waals surface area contributed by atoms with Gasteiger partial charge in [-0.3, -0.25) is 0 Å². The van der Waals surface area contributed by atoms with Crippen molar-refractivity contribution in [2.75, 3.05) is 26.0 Å². The molecule has 1 aliphatic rings. The molecule has 0 spiro atoms. The molecule has 1 fully saturated rings. The highest BCUT2D eigenvalue weighted by Crippen LogP contribution is 2.30. The predicted octanol–water partition coefficient (Wildman–Crippen LogP) is 1.46. The molecule has 1 aliphatic heterocycles. The zero-order valence-electron chi connectivity index (χ0n) is 12.9. The predicted molar refractivity (Wildman–Crippen MR) is 80.5 cm³/mol. The molecule has 0 saturated carbocycles. The van der Waals surface area contributed by atoms with Crippen LogP contribution in [0, 0.1) is 6.92 Å². The summed E-state index contributed by atoms with van der Waals surface area (Å²) in [6.45, 7) is 6.11. The van der Waals surface area contributed by atoms with Crippen molar-refractivity contribution in [1.82, 2.24) is 14.3 Å². The molecule has 6 nitrogen and oxygen atoms in total. The fourth-order valence-electron chi connectivity index (χ4n) is 2.65. The van der Waals surface area contributed by atoms with Crippen molar-refractivity contribution < 1.29 is 13.2 Å². The molecule has 0 N–H and O–H groups in total. The fourth-order valence-corrected chi connectivity index (χ4v) is 3.52. The van der Waals surface area contributed by atoms with Crippen LogP contribution in [-0.4, -0.2) is 48.6 Å². The van der Waals surface area contributed by atoms with Crippen molar-refractivity contribution in [1.29, 1.82) is 0 Å². The van der Waals surface area contributed by atoms with Crippen LogP contribution in [0.15, 0.2) is 6.20 Å². The number of nitrogens with zero attached hydrogens (tertiary/aromatic N) is 3. The van der Waals surface area contributed by atoms with Gasteiger partial charge in [0.05, 0.1) is 18.6 Å². The van der Waals surface area contributed by atoms with Crippen LogP contribution in [0.5, 0.6) is 0 Å². The van der Waals surface area contributed by atoms with Gasteiger partial charge in [0.1, 0.15) is 5.82 Å². The number of rotatable bonds is 5. The summed E-state index contributed by atoms with van der Waals surface area (Å²) < 4.78 is 30.2. The lowest BCUT2D eigenvalue weighted by Gasteiger charge is -2.30. The van der Waals surface area contributed by atoms with E-state index in [1.54, 1.807) is 4.31 Å². The second-order valence-electron chi connectivity index (χ2n) is 5.40. The smallest absolute Gasteiger partial charge is 0.211 e. The molecule has 0 bridgehead atoms. The van der Waals surface area contributed by atoms with Gasteiger partial charge >= 0.3 is 0 Å². The summed E-state index contributed by atoms with van der Waals surface area (Å²) in [7, 11) is -3.09. The zero-order chi connectivity index (χ0) is 15.5. The Hall–Kier alpha value is -1.05. The third kappa shape index (κ3) is 4.21. The van der Waals surface area contributed by atoms with Crippen molar-refractivity contribution in [2.45, 2.75) is 39.2 Å². The molecule has 0 atom stereocenters. The standard InChI is InChI=1S/C14H23N3O3S/c1-4-20-10-13-9-15-11(2)16-14(13)12-5-7-17(8-6-12)21(3,18)19/h9,12H,4-8,10H2,1-3H3. The number of aryl methyl sites for hydroxylation is 1. The number of aromatic nitrogens is 2. The Morgan fingerprint density at radius 3 is 2.62 bits per heavy atom. The SMILES string of the molecule is CCOCc1cnc(C)nc1C1CCN(S(C)(=O)=O)CC1. The Morgan fingerprint density at radius 1 is 1.38 bits per heavy atom. The van der Waals surface area contributed by atoms with Gasteiger partial charge in [0.15, 0.2) is 0 Å². The Labute approximate surface area is 126 Å². The monoisotopic (exact) mass is 313 g/mol. The number of ether oxygens (including phenoxy) is 1. The first-order chi connectivity index (χ1) is 9.91. The van der Waals surface area contributed by atoms with Gasteiger partial charge in [-0.15, -0.1) is 0 Å². The Morgan fingerprint density at radius 2 is 2.05 bits per heavy atom. The Balaban J connectivity index is 2.13. The zero-order valence-corrected chi connectivity index (χ0v) is 13.7. The maximum Gasteiger partial charge on any atom is 0.211 e. The highest BCUT2D eigenvalue weighted by Gasteiger charge is 2.28. The second kappa shape index (κ2) is 6.81. The van der Waals surface area contributed by atoms with Crippen LogP contribution in [-0.2, 0) is 21.4 Å². The minimum absolute atomic E-state index is 0.278. The van der Waals surface area contributed by atoms with Gasteiger partial charge in [-0.2, -0.15) is 0 Å². The van der Waals surface area contributed by atoms with Crippen LogP contribution >= 0.6 is 0 Å². The number of hydrogen-bond donors (Lipinski definition) is 0. The maximum absolute atomic E-state index is 11.6. The van der Waals surface area contributed by atoms with Gasteiger partial charge in [0, 0.05) is 37.4 Å². The van der Waals surface area contributed by atoms with E-state index in [2.05, 4.69) is 9.97 Å². The van der Waals surface area contributed by atoms with E-state index in [0.717, 1.165) is 29.9 Å². The Bertz CT molecular complexity index is 581. The lowest BCUT2D eigenvalue weighted by molar-refractivity contribution is 0.132. The molecular formula is C14H23N3O3S. The van der Waals surface area contributed by atoms with E-state index in [4.69, 9.17) is 4.74 Å². The number of hydrogen-bond acceptors (Lipinski definition) is 5. The van der Waals surface area contributed by atoms with Crippen molar-refractivity contribution in [2.24, 2.45) is 0 Å². The third-order valence-electron chi connectivity index (χ3n) is 3.79. The first-order valence-corrected chi connectivity index (χ1v) is 9.12. The highest BCUT2D eigenvalue weighted by atomic mass is 32.2. The van der Waals surface area contributed by atoms with Gasteiger partial charge in [-0.25, -0.2) is 22.7 Å². The third-order valence-corrected chi connectivity index (χ3v) is 5.09. The van der Waals surface area contributed by atoms with E-state index in [-0.39, 0.29) is 5.92 Å². The van der Waals surface area contributed by atoms with Gasteiger partial charge in [-0.05, 0) is 26.7 Å². The van der Waals surface area contributed by atoms with Crippen LogP contribution in [0.25, 0.3) is 0 Å². The van der Waals surface area contributed by atoms with Crippen LogP contribution in [0.4, 0.5) is 0 Å². The van der Waals surface area contributed by atoms with Crippen molar-refractivity contribution in [3.8, 4) is 0 Å². The minimum atomic E-state index is -3.09. The molecule has 1 aromatic heterocycles. The molecule has 0 radical (unpaired) electrons. The topological polar surface area (TPSA) is 72.4 Å². The van der Waals surface area contributed by atoms with Crippen molar-refractivity contribution >= 4 is 10.0 Å². The van der Waals surface area contributed by atoms with Gasteiger partial charge in [0.25, 0.3) is 0 Å². The van der Waals surface area contributed by atoms with Gasteiger partial charge in [0.2, 0.25) is 10.0 Å². The molecule has 1 aromatic rings. The lowest BCUT2D eigenvalue weighted by atomic mass is 9.92. The highest BCUT2D eigenvalue weighted by molar-refractivity contribution is 7.88. The molecule has 0 unspecified atom stereocenters. The van der Waals surface area contributed by atoms with Crippen LogP contribution in [0.1, 0.15) is 42.8 Å². The summed E-state index contributed by atoms with van der Waals surface area (Å²) in [5.74, 6) is 1.02. The summed E-state index contributed by atoms with van der Waals surface area (Å²) in [6.07, 6.45) is 4.68. The van der Waals surface area contributed by atoms with E-state index in [1.165, 1.54) is 6.26 Å². The molecule has 1 saturated heterocycles. The number of sulfonamides is 1.